The lowest BCUT2D eigenvalue weighted by molar-refractivity contribution is -0.138. The summed E-state index contributed by atoms with van der Waals surface area (Å²) in [7, 11) is 3.02. The number of amides is 1. The number of anilines is 1. The van der Waals surface area contributed by atoms with E-state index in [1.54, 1.807) is 42.6 Å². The van der Waals surface area contributed by atoms with Crippen LogP contribution in [0.15, 0.2) is 90.1 Å². The Hall–Kier alpha value is -5.39. The van der Waals surface area contributed by atoms with E-state index in [0.29, 0.717) is 46.2 Å². The van der Waals surface area contributed by atoms with Crippen LogP contribution in [0.2, 0.25) is 0 Å². The van der Waals surface area contributed by atoms with Gasteiger partial charge in [0, 0.05) is 29.5 Å². The molecule has 41 heavy (non-hydrogen) atoms. The monoisotopic (exact) mass is 562 g/mol. The lowest BCUT2D eigenvalue weighted by Gasteiger charge is -2.14. The van der Waals surface area contributed by atoms with Gasteiger partial charge in [-0.1, -0.05) is 18.2 Å². The number of ether oxygens (including phenoxy) is 3. The van der Waals surface area contributed by atoms with Crippen molar-refractivity contribution in [1.29, 1.82) is 0 Å². The van der Waals surface area contributed by atoms with Crippen molar-refractivity contribution in [3.05, 3.63) is 107 Å². The Bertz CT molecular complexity index is 1790. The number of halogens is 3. The molecular formula is C29H21F3N4O5. The van der Waals surface area contributed by atoms with Gasteiger partial charge in [-0.05, 0) is 42.5 Å². The Morgan fingerprint density at radius 3 is 2.29 bits per heavy atom. The van der Waals surface area contributed by atoms with E-state index in [2.05, 4.69) is 15.3 Å². The third-order valence-electron chi connectivity index (χ3n) is 6.04. The largest absolute Gasteiger partial charge is 0.493 e. The number of aromatic nitrogens is 3. The van der Waals surface area contributed by atoms with Gasteiger partial charge in [-0.25, -0.2) is 4.98 Å². The van der Waals surface area contributed by atoms with Crippen LogP contribution in [0, 0.1) is 0 Å². The second-order valence-corrected chi connectivity index (χ2v) is 8.62. The normalized spacial score (nSPS) is 11.2. The van der Waals surface area contributed by atoms with Crippen molar-refractivity contribution in [2.24, 2.45) is 0 Å². The molecule has 1 amide bonds. The third kappa shape index (κ3) is 5.66. The Morgan fingerprint density at radius 1 is 0.902 bits per heavy atom. The molecule has 3 aromatic heterocycles. The van der Waals surface area contributed by atoms with Crippen LogP contribution in [-0.2, 0) is 6.18 Å². The number of rotatable bonds is 7. The van der Waals surface area contributed by atoms with Crippen LogP contribution >= 0.6 is 0 Å². The maximum atomic E-state index is 13.6. The zero-order valence-corrected chi connectivity index (χ0v) is 21.6. The first-order chi connectivity index (χ1) is 19.7. The molecule has 0 aliphatic heterocycles. The van der Waals surface area contributed by atoms with E-state index in [4.69, 9.17) is 14.2 Å². The number of carbonyl (C=O) groups excluding carboxylic acids is 1. The summed E-state index contributed by atoms with van der Waals surface area (Å²) in [6, 6.07) is 16.2. The van der Waals surface area contributed by atoms with Gasteiger partial charge in [0.05, 0.1) is 31.5 Å². The van der Waals surface area contributed by atoms with E-state index in [-0.39, 0.29) is 11.5 Å². The van der Waals surface area contributed by atoms with Crippen LogP contribution < -0.4 is 25.1 Å². The number of fused-ring (bicyclic) bond motifs is 1. The Morgan fingerprint density at radius 2 is 1.63 bits per heavy atom. The van der Waals surface area contributed by atoms with E-state index < -0.39 is 28.8 Å². The van der Waals surface area contributed by atoms with E-state index in [9.17, 15) is 22.8 Å². The first kappa shape index (κ1) is 27.2. The molecule has 3 heterocycles. The Balaban J connectivity index is 1.40. The molecule has 0 radical (unpaired) electrons. The predicted octanol–water partition coefficient (Wildman–Crippen LogP) is 5.86. The molecule has 0 fully saturated rings. The number of carbonyl (C=O) groups is 1. The number of para-hydroxylation sites is 1. The molecule has 0 bridgehead atoms. The Labute approximate surface area is 230 Å². The molecule has 12 heteroatoms. The Kier molecular flexibility index (Phi) is 7.30. The summed E-state index contributed by atoms with van der Waals surface area (Å²) in [6.07, 6.45) is -1.25. The average molecular weight is 563 g/mol. The van der Waals surface area contributed by atoms with Gasteiger partial charge in [-0.15, -0.1) is 0 Å². The molecular weight excluding hydrogens is 541 g/mol. The maximum Gasteiger partial charge on any atom is 0.417 e. The average Bonchev–Trinajstić information content (AvgIpc) is 2.97. The zero-order valence-electron chi connectivity index (χ0n) is 21.6. The van der Waals surface area contributed by atoms with Crippen molar-refractivity contribution in [2.45, 2.75) is 6.18 Å². The minimum atomic E-state index is -4.79. The van der Waals surface area contributed by atoms with Crippen molar-refractivity contribution in [2.75, 3.05) is 19.5 Å². The fourth-order valence-corrected chi connectivity index (χ4v) is 4.04. The molecule has 0 spiro atoms. The van der Waals surface area contributed by atoms with Crippen LogP contribution in [0.3, 0.4) is 0 Å². The quantitative estimate of drug-likeness (QED) is 0.265. The fraction of sp³-hybridized carbons (Fsp3) is 0.103. The van der Waals surface area contributed by atoms with Crippen LogP contribution in [0.25, 0.3) is 16.6 Å². The fourth-order valence-electron chi connectivity index (χ4n) is 4.04. The van der Waals surface area contributed by atoms with Gasteiger partial charge >= 0.3 is 6.18 Å². The van der Waals surface area contributed by atoms with Gasteiger partial charge in [-0.3, -0.25) is 19.1 Å². The number of methoxy groups -OCH3 is 2. The number of hydrogen-bond acceptors (Lipinski definition) is 7. The maximum absolute atomic E-state index is 13.6. The van der Waals surface area contributed by atoms with E-state index in [1.807, 2.05) is 0 Å². The number of nitrogens with one attached hydrogen (secondary N) is 1. The SMILES string of the molecule is COc1cc2nccc(Oc3ccc(NC(=O)c4cc(C(F)(F)F)cn(-c5ccccc5)c4=O)nc3)c2cc1OC. The number of pyridine rings is 3. The van der Waals surface area contributed by atoms with Crippen molar-refractivity contribution in [3.8, 4) is 28.7 Å². The van der Waals surface area contributed by atoms with Gasteiger partial charge in [0.25, 0.3) is 11.5 Å². The second-order valence-electron chi connectivity index (χ2n) is 8.62. The van der Waals surface area contributed by atoms with Gasteiger partial charge in [-0.2, -0.15) is 13.2 Å². The van der Waals surface area contributed by atoms with E-state index >= 15 is 0 Å². The van der Waals surface area contributed by atoms with Crippen LogP contribution in [0.1, 0.15) is 15.9 Å². The van der Waals surface area contributed by atoms with E-state index in [1.165, 1.54) is 44.7 Å². The zero-order chi connectivity index (χ0) is 29.1. The summed E-state index contributed by atoms with van der Waals surface area (Å²) in [5, 5.41) is 3.02. The minimum Gasteiger partial charge on any atom is -0.493 e. The van der Waals surface area contributed by atoms with Crippen LogP contribution in [-0.4, -0.2) is 34.7 Å². The van der Waals surface area contributed by atoms with Crippen LogP contribution in [0.5, 0.6) is 23.0 Å². The summed E-state index contributed by atoms with van der Waals surface area (Å²) in [6.45, 7) is 0. The van der Waals surface area contributed by atoms with Gasteiger partial charge in [0.1, 0.15) is 22.9 Å². The molecule has 5 aromatic rings. The minimum absolute atomic E-state index is 0.00332. The topological polar surface area (TPSA) is 105 Å². The molecule has 0 aliphatic rings. The van der Waals surface area contributed by atoms with Crippen molar-refractivity contribution < 1.29 is 32.2 Å². The third-order valence-corrected chi connectivity index (χ3v) is 6.04. The molecule has 0 unspecified atom stereocenters. The van der Waals surface area contributed by atoms with Gasteiger partial charge in [0.2, 0.25) is 0 Å². The summed E-state index contributed by atoms with van der Waals surface area (Å²) in [4.78, 5) is 34.4. The molecule has 9 nitrogen and oxygen atoms in total. The number of alkyl halides is 3. The van der Waals surface area contributed by atoms with Crippen molar-refractivity contribution in [3.63, 3.8) is 0 Å². The highest BCUT2D eigenvalue weighted by Gasteiger charge is 2.33. The second kappa shape index (κ2) is 11.0. The van der Waals surface area contributed by atoms with Crippen LogP contribution in [0.4, 0.5) is 19.0 Å². The number of hydrogen-bond donors (Lipinski definition) is 1. The molecule has 0 saturated heterocycles. The number of benzene rings is 2. The summed E-state index contributed by atoms with van der Waals surface area (Å²) < 4.78 is 58.2. The lowest BCUT2D eigenvalue weighted by atomic mass is 10.1. The van der Waals surface area contributed by atoms with Gasteiger partial charge < -0.3 is 19.5 Å². The highest BCUT2D eigenvalue weighted by atomic mass is 19.4. The molecule has 208 valence electrons. The smallest absolute Gasteiger partial charge is 0.417 e. The van der Waals surface area contributed by atoms with Gasteiger partial charge in [0.15, 0.2) is 11.5 Å². The summed E-state index contributed by atoms with van der Waals surface area (Å²) in [5.41, 5.74) is -1.99. The predicted molar refractivity (Wildman–Crippen MR) is 144 cm³/mol. The van der Waals surface area contributed by atoms with E-state index in [0.717, 1.165) is 4.57 Å². The highest BCUT2D eigenvalue weighted by molar-refractivity contribution is 6.03. The highest BCUT2D eigenvalue weighted by Crippen LogP contribution is 2.37. The first-order valence-corrected chi connectivity index (χ1v) is 12.0. The van der Waals surface area contributed by atoms with Crippen molar-refractivity contribution in [1.82, 2.24) is 14.5 Å². The molecule has 0 atom stereocenters. The standard InChI is InChI=1S/C29H21F3N4O5/c1-39-24-13-20-22(14-25(24)40-2)33-11-10-23(20)41-19-8-9-26(34-15-19)35-27(37)21-12-17(29(30,31)32)16-36(28(21)38)18-6-4-3-5-7-18/h3-16H,1-2H3,(H,34,35,37). The molecule has 0 aliphatic carbocycles. The molecule has 1 N–H and O–H groups in total. The molecule has 0 saturated carbocycles. The molecule has 2 aromatic carbocycles. The summed E-state index contributed by atoms with van der Waals surface area (Å²) >= 11 is 0. The lowest BCUT2D eigenvalue weighted by Crippen LogP contribution is -2.30. The summed E-state index contributed by atoms with van der Waals surface area (Å²) in [5.74, 6) is 0.679. The first-order valence-electron chi connectivity index (χ1n) is 12.0. The van der Waals surface area contributed by atoms with Crippen molar-refractivity contribution >= 4 is 22.6 Å². The number of nitrogens with zero attached hydrogens (tertiary/aromatic N) is 3. The molecule has 5 rings (SSSR count).